The van der Waals surface area contributed by atoms with Gasteiger partial charge in [-0.05, 0) is 82.1 Å². The predicted octanol–water partition coefficient (Wildman–Crippen LogP) is 4.76. The fourth-order valence-corrected chi connectivity index (χ4v) is 4.95. The van der Waals surface area contributed by atoms with Crippen LogP contribution in [0.25, 0.3) is 0 Å². The zero-order chi connectivity index (χ0) is 19.2. The second kappa shape index (κ2) is 9.74. The first-order valence-electron chi connectivity index (χ1n) is 10.6. The van der Waals surface area contributed by atoms with Crippen molar-refractivity contribution in [3.05, 3.63) is 24.3 Å². The van der Waals surface area contributed by atoms with E-state index in [2.05, 4.69) is 29.1 Å². The van der Waals surface area contributed by atoms with Gasteiger partial charge in [-0.3, -0.25) is 0 Å². The summed E-state index contributed by atoms with van der Waals surface area (Å²) in [5, 5.41) is 4.22. The Hall–Kier alpha value is -1.33. The topological polar surface area (TPSA) is 27.7 Å². The lowest BCUT2D eigenvalue weighted by Crippen LogP contribution is -2.51. The average Bonchev–Trinajstić information content (AvgIpc) is 2.70. The number of thiocarbonyl (C=S) groups is 1. The van der Waals surface area contributed by atoms with E-state index in [1.807, 2.05) is 31.2 Å². The molecule has 0 radical (unpaired) electrons. The molecule has 0 amide bonds. The lowest BCUT2D eigenvalue weighted by Gasteiger charge is -2.44. The fourth-order valence-electron chi connectivity index (χ4n) is 4.65. The van der Waals surface area contributed by atoms with Crippen LogP contribution in [0.4, 0.5) is 5.69 Å². The first-order chi connectivity index (χ1) is 13.1. The second-order valence-corrected chi connectivity index (χ2v) is 8.49. The van der Waals surface area contributed by atoms with Gasteiger partial charge in [0.15, 0.2) is 5.11 Å². The van der Waals surface area contributed by atoms with Gasteiger partial charge in [-0.2, -0.15) is 0 Å². The van der Waals surface area contributed by atoms with Gasteiger partial charge in [-0.15, -0.1) is 0 Å². The van der Waals surface area contributed by atoms with E-state index < -0.39 is 0 Å². The third-order valence-corrected chi connectivity index (χ3v) is 6.69. The number of hydrogen-bond donors (Lipinski definition) is 1. The highest BCUT2D eigenvalue weighted by Crippen LogP contribution is 2.30. The maximum atomic E-state index is 5.66. The maximum absolute atomic E-state index is 5.66. The highest BCUT2D eigenvalue weighted by Gasteiger charge is 2.31. The zero-order valence-corrected chi connectivity index (χ0v) is 17.9. The van der Waals surface area contributed by atoms with Crippen molar-refractivity contribution >= 4 is 23.0 Å². The SMILES string of the molecule is CCOc1ccc(NC(=S)N2CCC(N(C)[C@@H]3CCCC[C@@H]3C)CC2)cc1. The minimum Gasteiger partial charge on any atom is -0.494 e. The van der Waals surface area contributed by atoms with Gasteiger partial charge in [0.1, 0.15) is 5.75 Å². The Balaban J connectivity index is 1.47. The van der Waals surface area contributed by atoms with Crippen molar-refractivity contribution in [3.63, 3.8) is 0 Å². The van der Waals surface area contributed by atoms with Crippen molar-refractivity contribution in [1.82, 2.24) is 9.80 Å². The molecular formula is C22H35N3OS. The molecule has 1 aliphatic carbocycles. The predicted molar refractivity (Wildman–Crippen MR) is 118 cm³/mol. The van der Waals surface area contributed by atoms with Crippen molar-refractivity contribution in [2.24, 2.45) is 5.92 Å². The molecule has 1 aromatic rings. The maximum Gasteiger partial charge on any atom is 0.173 e. The molecule has 27 heavy (non-hydrogen) atoms. The van der Waals surface area contributed by atoms with Crippen molar-refractivity contribution < 1.29 is 4.74 Å². The van der Waals surface area contributed by atoms with Crippen LogP contribution < -0.4 is 10.1 Å². The average molecular weight is 390 g/mol. The van der Waals surface area contributed by atoms with Crippen molar-refractivity contribution in [2.45, 2.75) is 64.5 Å². The lowest BCUT2D eigenvalue weighted by atomic mass is 9.84. The van der Waals surface area contributed by atoms with Gasteiger partial charge in [0.25, 0.3) is 0 Å². The van der Waals surface area contributed by atoms with E-state index in [4.69, 9.17) is 17.0 Å². The molecule has 2 atom stereocenters. The molecule has 5 heteroatoms. The highest BCUT2D eigenvalue weighted by molar-refractivity contribution is 7.80. The highest BCUT2D eigenvalue weighted by atomic mass is 32.1. The molecule has 2 aliphatic rings. The van der Waals surface area contributed by atoms with E-state index in [1.54, 1.807) is 0 Å². The summed E-state index contributed by atoms with van der Waals surface area (Å²) in [6, 6.07) is 9.50. The zero-order valence-electron chi connectivity index (χ0n) is 17.1. The Morgan fingerprint density at radius 1 is 1.15 bits per heavy atom. The van der Waals surface area contributed by atoms with E-state index in [-0.39, 0.29) is 0 Å². The molecular weight excluding hydrogens is 354 g/mol. The van der Waals surface area contributed by atoms with Gasteiger partial charge in [0, 0.05) is 30.9 Å². The molecule has 150 valence electrons. The summed E-state index contributed by atoms with van der Waals surface area (Å²) in [5.74, 6) is 1.74. The molecule has 0 bridgehead atoms. The van der Waals surface area contributed by atoms with Crippen LogP contribution in [0.1, 0.15) is 52.4 Å². The van der Waals surface area contributed by atoms with Gasteiger partial charge in [-0.25, -0.2) is 0 Å². The third-order valence-electron chi connectivity index (χ3n) is 6.33. The summed E-state index contributed by atoms with van der Waals surface area (Å²) in [4.78, 5) is 5.00. The van der Waals surface area contributed by atoms with E-state index in [0.29, 0.717) is 12.6 Å². The number of benzene rings is 1. The van der Waals surface area contributed by atoms with E-state index in [9.17, 15) is 0 Å². The van der Waals surface area contributed by atoms with Gasteiger partial charge < -0.3 is 19.9 Å². The van der Waals surface area contributed by atoms with E-state index in [1.165, 1.54) is 38.5 Å². The molecule has 0 spiro atoms. The number of hydrogen-bond acceptors (Lipinski definition) is 3. The number of piperidine rings is 1. The van der Waals surface area contributed by atoms with Crippen LogP contribution in [0.15, 0.2) is 24.3 Å². The fraction of sp³-hybridized carbons (Fsp3) is 0.682. The summed E-state index contributed by atoms with van der Waals surface area (Å²) >= 11 is 5.66. The number of ether oxygens (including phenoxy) is 1. The quantitative estimate of drug-likeness (QED) is 0.733. The molecule has 1 heterocycles. The number of anilines is 1. The Morgan fingerprint density at radius 2 is 1.81 bits per heavy atom. The summed E-state index contributed by atoms with van der Waals surface area (Å²) in [5.41, 5.74) is 1.03. The van der Waals surface area contributed by atoms with Crippen LogP contribution in [0.3, 0.4) is 0 Å². The number of nitrogens with one attached hydrogen (secondary N) is 1. The smallest absolute Gasteiger partial charge is 0.173 e. The van der Waals surface area contributed by atoms with Crippen LogP contribution in [-0.4, -0.2) is 53.7 Å². The molecule has 0 aromatic heterocycles. The molecule has 3 rings (SSSR count). The normalized spacial score (nSPS) is 24.1. The van der Waals surface area contributed by atoms with Crippen molar-refractivity contribution in [1.29, 1.82) is 0 Å². The molecule has 4 nitrogen and oxygen atoms in total. The third kappa shape index (κ3) is 5.35. The van der Waals surface area contributed by atoms with Crippen LogP contribution in [-0.2, 0) is 0 Å². The molecule has 1 N–H and O–H groups in total. The molecule has 1 aliphatic heterocycles. The summed E-state index contributed by atoms with van der Waals surface area (Å²) in [7, 11) is 2.35. The van der Waals surface area contributed by atoms with E-state index >= 15 is 0 Å². The van der Waals surface area contributed by atoms with Crippen LogP contribution in [0.5, 0.6) is 5.75 Å². The standard InChI is InChI=1S/C22H35N3OS/c1-4-26-20-11-9-18(10-12-20)23-22(27)25-15-13-19(14-16-25)24(3)21-8-6-5-7-17(21)2/h9-12,17,19,21H,4-8,13-16H2,1-3H3,(H,23,27)/t17-,21+/m0/s1. The first kappa shape index (κ1) is 20.4. The Kier molecular flexibility index (Phi) is 7.36. The first-order valence-corrected chi connectivity index (χ1v) is 11.0. The minimum atomic E-state index is 0.689. The molecule has 0 unspecified atom stereocenters. The van der Waals surface area contributed by atoms with Gasteiger partial charge >= 0.3 is 0 Å². The minimum absolute atomic E-state index is 0.689. The Labute approximate surface area is 170 Å². The van der Waals surface area contributed by atoms with Crippen LogP contribution in [0.2, 0.25) is 0 Å². The molecule has 1 saturated heterocycles. The Bertz CT molecular complexity index is 598. The number of likely N-dealkylation sites (tertiary alicyclic amines) is 1. The van der Waals surface area contributed by atoms with Crippen LogP contribution in [0, 0.1) is 5.92 Å². The largest absolute Gasteiger partial charge is 0.494 e. The van der Waals surface area contributed by atoms with Crippen LogP contribution >= 0.6 is 12.2 Å². The van der Waals surface area contributed by atoms with Gasteiger partial charge in [-0.1, -0.05) is 19.8 Å². The van der Waals surface area contributed by atoms with E-state index in [0.717, 1.165) is 41.6 Å². The molecule has 1 saturated carbocycles. The number of nitrogens with zero attached hydrogens (tertiary/aromatic N) is 2. The number of rotatable bonds is 5. The van der Waals surface area contributed by atoms with Crippen molar-refractivity contribution in [2.75, 3.05) is 32.1 Å². The Morgan fingerprint density at radius 3 is 2.44 bits per heavy atom. The second-order valence-electron chi connectivity index (χ2n) is 8.10. The van der Waals surface area contributed by atoms with Gasteiger partial charge in [0.05, 0.1) is 6.61 Å². The summed E-state index contributed by atoms with van der Waals surface area (Å²) < 4.78 is 5.50. The summed E-state index contributed by atoms with van der Waals surface area (Å²) in [6.07, 6.45) is 7.97. The molecule has 1 aromatic carbocycles. The monoisotopic (exact) mass is 389 g/mol. The summed E-state index contributed by atoms with van der Waals surface area (Å²) in [6.45, 7) is 7.20. The molecule has 2 fully saturated rings. The van der Waals surface area contributed by atoms with Crippen molar-refractivity contribution in [3.8, 4) is 5.75 Å². The lowest BCUT2D eigenvalue weighted by molar-refractivity contribution is 0.0691. The van der Waals surface area contributed by atoms with Gasteiger partial charge in [0.2, 0.25) is 0 Å².